The van der Waals surface area contributed by atoms with Crippen molar-refractivity contribution in [1.29, 1.82) is 0 Å². The topological polar surface area (TPSA) is 82.8 Å². The van der Waals surface area contributed by atoms with Gasteiger partial charge in [-0.2, -0.15) is 9.50 Å². The van der Waals surface area contributed by atoms with Gasteiger partial charge in [0.1, 0.15) is 5.69 Å². The largest absolute Gasteiger partial charge is 0.351 e. The number of nitrogens with one attached hydrogen (secondary N) is 1. The van der Waals surface area contributed by atoms with E-state index in [4.69, 9.17) is 0 Å². The molecule has 164 valence electrons. The van der Waals surface area contributed by atoms with Crippen LogP contribution in [0.1, 0.15) is 62.4 Å². The highest BCUT2D eigenvalue weighted by atomic mass is 32.1. The van der Waals surface area contributed by atoms with Gasteiger partial charge in [-0.15, -0.1) is 5.10 Å². The molecular weight excluding hydrogens is 400 g/mol. The van der Waals surface area contributed by atoms with Gasteiger partial charge in [-0.1, -0.05) is 31.1 Å². The van der Waals surface area contributed by atoms with Crippen LogP contribution in [0.2, 0.25) is 0 Å². The minimum Gasteiger partial charge on any atom is -0.351 e. The average Bonchev–Trinajstić information content (AvgIpc) is 2.98. The third kappa shape index (κ3) is 5.18. The average molecular weight is 433 g/mol. The number of piperidine rings is 1. The quantitative estimate of drug-likeness (QED) is 0.706. The summed E-state index contributed by atoms with van der Waals surface area (Å²) in [6.07, 6.45) is 8.45. The predicted molar refractivity (Wildman–Crippen MR) is 120 cm³/mol. The van der Waals surface area contributed by atoms with Crippen LogP contribution in [0.25, 0.3) is 4.96 Å². The van der Waals surface area contributed by atoms with E-state index in [1.807, 2.05) is 0 Å². The standard InChI is InChI=1S/C21H32N6O2S/c1-16-8-6-13-26(15-16)21-24-27-17(14-18(28)23-20(27)30-21)19(29)22-9-7-12-25-10-4-2-3-5-11-25/h14,16H,2-13,15H2,1H3,(H,22,29)/t16-/m1/s1. The first-order chi connectivity index (χ1) is 14.6. The second-order valence-electron chi connectivity index (χ2n) is 8.62. The van der Waals surface area contributed by atoms with Crippen LogP contribution in [0.5, 0.6) is 0 Å². The highest BCUT2D eigenvalue weighted by Crippen LogP contribution is 2.27. The first kappa shape index (κ1) is 21.2. The van der Waals surface area contributed by atoms with E-state index < -0.39 is 5.56 Å². The molecule has 1 amide bonds. The minimum atomic E-state index is -0.396. The molecule has 2 fully saturated rings. The summed E-state index contributed by atoms with van der Waals surface area (Å²) in [6, 6.07) is 1.29. The minimum absolute atomic E-state index is 0.260. The van der Waals surface area contributed by atoms with Crippen LogP contribution in [0, 0.1) is 5.92 Å². The molecule has 2 aliphatic rings. The van der Waals surface area contributed by atoms with E-state index in [9.17, 15) is 9.59 Å². The van der Waals surface area contributed by atoms with Gasteiger partial charge in [-0.05, 0) is 57.7 Å². The van der Waals surface area contributed by atoms with E-state index >= 15 is 0 Å². The smallest absolute Gasteiger partial charge is 0.274 e. The molecular formula is C21H32N6O2S. The first-order valence-electron chi connectivity index (χ1n) is 11.3. The third-order valence-corrected chi connectivity index (χ3v) is 7.01. The molecule has 1 atom stereocenters. The molecule has 0 saturated carbocycles. The molecule has 0 aromatic carbocycles. The van der Waals surface area contributed by atoms with Gasteiger partial charge >= 0.3 is 0 Å². The Hall–Kier alpha value is -2.00. The van der Waals surface area contributed by atoms with Crippen molar-refractivity contribution in [3.8, 4) is 0 Å². The number of carbonyl (C=O) groups is 1. The number of anilines is 1. The van der Waals surface area contributed by atoms with Gasteiger partial charge in [0.25, 0.3) is 11.5 Å². The lowest BCUT2D eigenvalue weighted by atomic mass is 10.0. The van der Waals surface area contributed by atoms with Gasteiger partial charge in [0.2, 0.25) is 10.1 Å². The van der Waals surface area contributed by atoms with Gasteiger partial charge in [0.05, 0.1) is 0 Å². The SMILES string of the molecule is C[C@@H]1CCCN(c2nn3c(C(=O)NCCCN4CCCCCC4)cc(=O)nc3s2)C1. The highest BCUT2D eigenvalue weighted by molar-refractivity contribution is 7.20. The maximum absolute atomic E-state index is 12.8. The van der Waals surface area contributed by atoms with Crippen LogP contribution < -0.4 is 15.8 Å². The van der Waals surface area contributed by atoms with E-state index in [2.05, 4.69) is 32.1 Å². The fraction of sp³-hybridized carbons (Fsp3) is 0.714. The zero-order valence-electron chi connectivity index (χ0n) is 17.8. The number of fused-ring (bicyclic) bond motifs is 1. The number of nitrogens with zero attached hydrogens (tertiary/aromatic N) is 5. The Morgan fingerprint density at radius 2 is 2.00 bits per heavy atom. The molecule has 0 unspecified atom stereocenters. The maximum atomic E-state index is 12.8. The molecule has 8 nitrogen and oxygen atoms in total. The van der Waals surface area contributed by atoms with E-state index in [-0.39, 0.29) is 11.6 Å². The zero-order chi connectivity index (χ0) is 20.9. The Balaban J connectivity index is 1.40. The van der Waals surface area contributed by atoms with Gasteiger partial charge in [0, 0.05) is 25.7 Å². The van der Waals surface area contributed by atoms with Crippen molar-refractivity contribution >= 4 is 27.3 Å². The van der Waals surface area contributed by atoms with Crippen molar-refractivity contribution in [2.24, 2.45) is 5.92 Å². The summed E-state index contributed by atoms with van der Waals surface area (Å²) in [6.45, 7) is 8.05. The second kappa shape index (κ2) is 9.87. The summed E-state index contributed by atoms with van der Waals surface area (Å²) < 4.78 is 1.53. The number of hydrogen-bond donors (Lipinski definition) is 1. The van der Waals surface area contributed by atoms with E-state index in [0.29, 0.717) is 17.4 Å². The predicted octanol–water partition coefficient (Wildman–Crippen LogP) is 2.38. The summed E-state index contributed by atoms with van der Waals surface area (Å²) in [5.74, 6) is 0.356. The number of carbonyl (C=O) groups excluding carboxylic acids is 1. The van der Waals surface area contributed by atoms with E-state index in [1.54, 1.807) is 0 Å². The fourth-order valence-corrected chi connectivity index (χ4v) is 5.35. The number of hydrogen-bond acceptors (Lipinski definition) is 7. The Bertz CT molecular complexity index is 918. The van der Waals surface area contributed by atoms with Gasteiger partial charge in [-0.25, -0.2) is 0 Å². The number of amides is 1. The van der Waals surface area contributed by atoms with Crippen LogP contribution >= 0.6 is 11.3 Å². The molecule has 4 heterocycles. The van der Waals surface area contributed by atoms with Crippen molar-refractivity contribution < 1.29 is 4.79 Å². The summed E-state index contributed by atoms with van der Waals surface area (Å²) >= 11 is 1.38. The van der Waals surface area contributed by atoms with Gasteiger partial charge in [0.15, 0.2) is 0 Å². The fourth-order valence-electron chi connectivity index (χ4n) is 4.41. The molecule has 4 rings (SSSR count). The summed E-state index contributed by atoms with van der Waals surface area (Å²) in [5.41, 5.74) is -0.126. The summed E-state index contributed by atoms with van der Waals surface area (Å²) in [7, 11) is 0. The lowest BCUT2D eigenvalue weighted by Gasteiger charge is -2.30. The van der Waals surface area contributed by atoms with Crippen molar-refractivity contribution in [1.82, 2.24) is 24.8 Å². The molecule has 0 bridgehead atoms. The molecule has 2 aromatic rings. The molecule has 2 aromatic heterocycles. The summed E-state index contributed by atoms with van der Waals surface area (Å²) in [4.78, 5) is 34.1. The first-order valence-corrected chi connectivity index (χ1v) is 12.1. The zero-order valence-corrected chi connectivity index (χ0v) is 18.6. The van der Waals surface area contributed by atoms with Crippen LogP contribution in [0.15, 0.2) is 10.9 Å². The van der Waals surface area contributed by atoms with Crippen molar-refractivity contribution in [2.45, 2.75) is 51.9 Å². The second-order valence-corrected chi connectivity index (χ2v) is 9.55. The molecule has 1 N–H and O–H groups in total. The third-order valence-electron chi connectivity index (χ3n) is 6.04. The monoisotopic (exact) mass is 432 g/mol. The Kier molecular flexibility index (Phi) is 6.99. The van der Waals surface area contributed by atoms with Crippen LogP contribution in [-0.2, 0) is 0 Å². The van der Waals surface area contributed by atoms with Gasteiger partial charge < -0.3 is 15.1 Å². The molecule has 0 spiro atoms. The van der Waals surface area contributed by atoms with Gasteiger partial charge in [-0.3, -0.25) is 9.59 Å². The van der Waals surface area contributed by atoms with Crippen molar-refractivity contribution in [3.05, 3.63) is 22.1 Å². The number of likely N-dealkylation sites (tertiary alicyclic amines) is 1. The van der Waals surface area contributed by atoms with Crippen LogP contribution in [-0.4, -0.2) is 64.7 Å². The van der Waals surface area contributed by atoms with Crippen LogP contribution in [0.4, 0.5) is 5.13 Å². The molecule has 2 aliphatic heterocycles. The lowest BCUT2D eigenvalue weighted by Crippen LogP contribution is -2.34. The molecule has 30 heavy (non-hydrogen) atoms. The Morgan fingerprint density at radius 1 is 1.20 bits per heavy atom. The molecule has 9 heteroatoms. The maximum Gasteiger partial charge on any atom is 0.274 e. The summed E-state index contributed by atoms with van der Waals surface area (Å²) in [5, 5.41) is 8.43. The lowest BCUT2D eigenvalue weighted by molar-refractivity contribution is 0.0944. The van der Waals surface area contributed by atoms with Crippen molar-refractivity contribution in [3.63, 3.8) is 0 Å². The van der Waals surface area contributed by atoms with Crippen molar-refractivity contribution in [2.75, 3.05) is 44.2 Å². The van der Waals surface area contributed by atoms with E-state index in [1.165, 1.54) is 54.0 Å². The molecule has 0 aliphatic carbocycles. The van der Waals surface area contributed by atoms with E-state index in [0.717, 1.165) is 50.7 Å². The van der Waals surface area contributed by atoms with Crippen LogP contribution in [0.3, 0.4) is 0 Å². The number of aromatic nitrogens is 3. The highest BCUT2D eigenvalue weighted by Gasteiger charge is 2.22. The molecule has 2 saturated heterocycles. The number of rotatable bonds is 6. The Morgan fingerprint density at radius 3 is 2.77 bits per heavy atom. The molecule has 0 radical (unpaired) electrons. The normalized spacial score (nSPS) is 21.0. The Labute approximate surface area is 181 Å².